The number of rotatable bonds is 4. The van der Waals surface area contributed by atoms with Crippen LogP contribution < -0.4 is 5.32 Å². The molecule has 0 fully saturated rings. The first kappa shape index (κ1) is 12.0. The van der Waals surface area contributed by atoms with Gasteiger partial charge < -0.3 is 10.7 Å². The number of hydrogen-bond donors (Lipinski definition) is 2. The molecule has 0 saturated heterocycles. The van der Waals surface area contributed by atoms with Gasteiger partial charge in [0.15, 0.2) is 5.82 Å². The van der Waals surface area contributed by atoms with E-state index < -0.39 is 0 Å². The van der Waals surface area contributed by atoms with Gasteiger partial charge in [-0.05, 0) is 45.2 Å². The molecule has 12 heavy (non-hydrogen) atoms. The molecule has 0 unspecified atom stereocenters. The first-order valence-electron chi connectivity index (χ1n) is 2.98. The van der Waals surface area contributed by atoms with Gasteiger partial charge in [0.1, 0.15) is 0 Å². The maximum absolute atomic E-state index is 7.05. The Morgan fingerprint density at radius 3 is 2.08 bits per heavy atom. The standard InChI is InChI=1S/C6H8I2N4/c1-10-5(2-9)6(11-3-7)12-4-8/h2-4,9-10H,1H3. The van der Waals surface area contributed by atoms with Gasteiger partial charge in [-0.3, -0.25) is 0 Å². The Labute approximate surface area is 98.4 Å². The van der Waals surface area contributed by atoms with Gasteiger partial charge in [0.05, 0.1) is 14.1 Å². The summed E-state index contributed by atoms with van der Waals surface area (Å²) in [6.45, 7) is 0. The lowest BCUT2D eigenvalue weighted by Crippen LogP contribution is -2.08. The highest BCUT2D eigenvalue weighted by Gasteiger charge is 1.97. The summed E-state index contributed by atoms with van der Waals surface area (Å²) in [4.78, 5) is 7.96. The van der Waals surface area contributed by atoms with Crippen LogP contribution in [0.5, 0.6) is 0 Å². The Morgan fingerprint density at radius 2 is 1.83 bits per heavy atom. The minimum atomic E-state index is 0.510. The smallest absolute Gasteiger partial charge is 0.177 e. The second-order valence-corrected chi connectivity index (χ2v) is 2.70. The number of aliphatic imine (C=N–C) groups is 2. The molecule has 0 radical (unpaired) electrons. The van der Waals surface area contributed by atoms with Gasteiger partial charge in [0.2, 0.25) is 0 Å². The lowest BCUT2D eigenvalue weighted by molar-refractivity contribution is 1.01. The molecule has 0 aliphatic heterocycles. The maximum Gasteiger partial charge on any atom is 0.177 e. The van der Waals surface area contributed by atoms with E-state index >= 15 is 0 Å². The second-order valence-electron chi connectivity index (χ2n) is 1.58. The zero-order valence-electron chi connectivity index (χ0n) is 6.38. The second kappa shape index (κ2) is 7.65. The predicted octanol–water partition coefficient (Wildman–Crippen LogP) is 1.95. The minimum Gasteiger partial charge on any atom is -0.384 e. The normalized spacial score (nSPS) is 10.6. The first-order chi connectivity index (χ1) is 5.79. The molecule has 6 heteroatoms. The molecule has 0 bridgehead atoms. The van der Waals surface area contributed by atoms with Crippen LogP contribution in [0.3, 0.4) is 0 Å². The van der Waals surface area contributed by atoms with Crippen molar-refractivity contribution in [2.75, 3.05) is 7.05 Å². The van der Waals surface area contributed by atoms with Gasteiger partial charge in [0, 0.05) is 13.3 Å². The number of allylic oxidation sites excluding steroid dienone is 1. The monoisotopic (exact) mass is 390 g/mol. The number of hydrogen-bond acceptors (Lipinski definition) is 4. The fourth-order valence-corrected chi connectivity index (χ4v) is 1.04. The van der Waals surface area contributed by atoms with Crippen molar-refractivity contribution in [3.8, 4) is 0 Å². The molecule has 0 rings (SSSR count). The van der Waals surface area contributed by atoms with Gasteiger partial charge in [-0.25, -0.2) is 9.98 Å². The summed E-state index contributed by atoms with van der Waals surface area (Å²) in [5.41, 5.74) is 0.593. The van der Waals surface area contributed by atoms with Crippen molar-refractivity contribution >= 4 is 59.8 Å². The van der Waals surface area contributed by atoms with E-state index in [0.717, 1.165) is 0 Å². The van der Waals surface area contributed by atoms with Crippen LogP contribution in [-0.4, -0.2) is 21.7 Å². The Balaban J connectivity index is 4.87. The van der Waals surface area contributed by atoms with Crippen LogP contribution in [0.25, 0.3) is 0 Å². The van der Waals surface area contributed by atoms with Crippen LogP contribution in [0, 0.1) is 5.41 Å². The summed E-state index contributed by atoms with van der Waals surface area (Å²) in [5, 5.41) is 9.87. The maximum atomic E-state index is 7.05. The molecular formula is C6H8I2N4. The molecule has 0 aromatic carbocycles. The van der Waals surface area contributed by atoms with Crippen molar-refractivity contribution in [3.63, 3.8) is 0 Å². The minimum absolute atomic E-state index is 0.510. The third kappa shape index (κ3) is 4.14. The number of nitrogens with one attached hydrogen (secondary N) is 2. The molecule has 0 heterocycles. The third-order valence-corrected chi connectivity index (χ3v) is 1.55. The number of nitrogens with zero attached hydrogens (tertiary/aromatic N) is 2. The van der Waals surface area contributed by atoms with Crippen molar-refractivity contribution < 1.29 is 0 Å². The summed E-state index contributed by atoms with van der Waals surface area (Å²) in [6, 6.07) is 0. The zero-order chi connectivity index (χ0) is 9.40. The molecule has 0 aliphatic carbocycles. The third-order valence-electron chi connectivity index (χ3n) is 0.997. The van der Waals surface area contributed by atoms with Crippen LogP contribution in [0.4, 0.5) is 0 Å². The lowest BCUT2D eigenvalue weighted by atomic mass is 10.4. The molecule has 0 atom stereocenters. The Hall–Kier alpha value is 0.01000. The molecule has 4 nitrogen and oxygen atoms in total. The van der Waals surface area contributed by atoms with Crippen LogP contribution in [0.2, 0.25) is 0 Å². The molecule has 0 saturated carbocycles. The molecule has 0 aliphatic rings. The highest BCUT2D eigenvalue weighted by molar-refractivity contribution is 14.1. The molecule has 66 valence electrons. The summed E-state index contributed by atoms with van der Waals surface area (Å²) in [5.74, 6) is 0.510. The molecule has 0 spiro atoms. The molecular weight excluding hydrogens is 382 g/mol. The van der Waals surface area contributed by atoms with Crippen molar-refractivity contribution in [3.05, 3.63) is 11.5 Å². The SMILES string of the molecule is CNC(C=N)=C(N=CI)N=CI. The van der Waals surface area contributed by atoms with E-state index in [1.807, 2.05) is 45.2 Å². The van der Waals surface area contributed by atoms with E-state index in [-0.39, 0.29) is 0 Å². The van der Waals surface area contributed by atoms with E-state index in [1.165, 1.54) is 6.21 Å². The molecule has 0 amide bonds. The van der Waals surface area contributed by atoms with E-state index in [0.29, 0.717) is 11.5 Å². The van der Waals surface area contributed by atoms with E-state index in [4.69, 9.17) is 5.41 Å². The van der Waals surface area contributed by atoms with Crippen molar-refractivity contribution in [1.29, 1.82) is 5.41 Å². The van der Waals surface area contributed by atoms with Crippen molar-refractivity contribution in [2.24, 2.45) is 9.98 Å². The van der Waals surface area contributed by atoms with Crippen LogP contribution in [0.15, 0.2) is 21.5 Å². The molecule has 2 N–H and O–H groups in total. The number of halogens is 2. The van der Waals surface area contributed by atoms with Gasteiger partial charge in [-0.1, -0.05) is 0 Å². The molecule has 0 aromatic heterocycles. The highest BCUT2D eigenvalue weighted by atomic mass is 127. The van der Waals surface area contributed by atoms with Crippen LogP contribution in [-0.2, 0) is 0 Å². The van der Waals surface area contributed by atoms with E-state index in [9.17, 15) is 0 Å². The largest absolute Gasteiger partial charge is 0.384 e. The van der Waals surface area contributed by atoms with Crippen molar-refractivity contribution in [2.45, 2.75) is 0 Å². The Kier molecular flexibility index (Phi) is 7.65. The average molecular weight is 390 g/mol. The Bertz CT molecular complexity index is 218. The van der Waals surface area contributed by atoms with Crippen molar-refractivity contribution in [1.82, 2.24) is 5.32 Å². The van der Waals surface area contributed by atoms with Gasteiger partial charge >= 0.3 is 0 Å². The molecule has 0 aromatic rings. The van der Waals surface area contributed by atoms with Crippen LogP contribution >= 0.6 is 45.2 Å². The predicted molar refractivity (Wildman–Crippen MR) is 69.9 cm³/mol. The Morgan fingerprint density at radius 1 is 1.33 bits per heavy atom. The van der Waals surface area contributed by atoms with Crippen LogP contribution in [0.1, 0.15) is 0 Å². The fourth-order valence-electron chi connectivity index (χ4n) is 0.513. The van der Waals surface area contributed by atoms with Gasteiger partial charge in [-0.15, -0.1) is 0 Å². The highest BCUT2D eigenvalue weighted by Crippen LogP contribution is 2.03. The van der Waals surface area contributed by atoms with E-state index in [2.05, 4.69) is 15.3 Å². The topological polar surface area (TPSA) is 60.6 Å². The van der Waals surface area contributed by atoms with Gasteiger partial charge in [-0.2, -0.15) is 0 Å². The summed E-state index contributed by atoms with van der Waals surface area (Å²) < 4.78 is 3.22. The summed E-state index contributed by atoms with van der Waals surface area (Å²) in [7, 11) is 1.73. The quantitative estimate of drug-likeness (QED) is 0.560. The van der Waals surface area contributed by atoms with E-state index in [1.54, 1.807) is 15.5 Å². The first-order valence-corrected chi connectivity index (χ1v) is 5.47. The fraction of sp³-hybridized carbons (Fsp3) is 0.167. The summed E-state index contributed by atoms with van der Waals surface area (Å²) >= 11 is 4.01. The van der Waals surface area contributed by atoms with Gasteiger partial charge in [0.25, 0.3) is 0 Å². The average Bonchev–Trinajstić information content (AvgIpc) is 2.07. The zero-order valence-corrected chi connectivity index (χ0v) is 10.7. The summed E-state index contributed by atoms with van der Waals surface area (Å²) in [6.07, 6.45) is 1.18. The lowest BCUT2D eigenvalue weighted by Gasteiger charge is -2.00.